The van der Waals surface area contributed by atoms with E-state index in [0.29, 0.717) is 0 Å². The summed E-state index contributed by atoms with van der Waals surface area (Å²) in [5.74, 6) is 0. The summed E-state index contributed by atoms with van der Waals surface area (Å²) in [5.41, 5.74) is 0. The van der Waals surface area contributed by atoms with E-state index in [0.717, 1.165) is 6.42 Å². The van der Waals surface area contributed by atoms with Crippen LogP contribution in [0.15, 0.2) is 18.2 Å². The van der Waals surface area contributed by atoms with E-state index in [1.807, 2.05) is 12.2 Å². The van der Waals surface area contributed by atoms with Crippen molar-refractivity contribution < 1.29 is 21.7 Å². The van der Waals surface area contributed by atoms with E-state index in [2.05, 4.69) is 12.2 Å². The van der Waals surface area contributed by atoms with Gasteiger partial charge in [0.05, 0.1) is 0 Å². The second-order valence-electron chi connectivity index (χ2n) is 1.00. The van der Waals surface area contributed by atoms with Crippen molar-refractivity contribution in [3.05, 3.63) is 39.2 Å². The molecule has 1 radical (unpaired) electrons. The summed E-state index contributed by atoms with van der Waals surface area (Å²) >= 11 is 0. The van der Waals surface area contributed by atoms with E-state index in [4.69, 9.17) is 0 Å². The molecule has 0 heterocycles. The van der Waals surface area contributed by atoms with Gasteiger partial charge in [0.15, 0.2) is 0 Å². The average Bonchev–Trinajstić information content (AvgIpc) is 1.76. The van der Waals surface area contributed by atoms with Gasteiger partial charge in [0.2, 0.25) is 0 Å². The van der Waals surface area contributed by atoms with Gasteiger partial charge >= 0.3 is 21.7 Å². The molecule has 0 aliphatic heterocycles. The SMILES string of the molecule is Cl.[C-]1=CC=CC1.[CH3-].[CH3-].[Ti+3]. The van der Waals surface area contributed by atoms with Gasteiger partial charge in [-0.3, -0.25) is 6.08 Å². The minimum atomic E-state index is 0. The Morgan fingerprint density at radius 2 is 1.78 bits per heavy atom. The first-order valence-electron chi connectivity index (χ1n) is 1.72. The van der Waals surface area contributed by atoms with Gasteiger partial charge in [0, 0.05) is 0 Å². The summed E-state index contributed by atoms with van der Waals surface area (Å²) in [7, 11) is 0. The number of hydrogen-bond acceptors (Lipinski definition) is 0. The van der Waals surface area contributed by atoms with Gasteiger partial charge in [0.25, 0.3) is 0 Å². The summed E-state index contributed by atoms with van der Waals surface area (Å²) < 4.78 is 0. The zero-order chi connectivity index (χ0) is 3.54. The minimum absolute atomic E-state index is 0. The molecule has 9 heavy (non-hydrogen) atoms. The van der Waals surface area contributed by atoms with E-state index in [1.165, 1.54) is 0 Å². The maximum atomic E-state index is 2.99. The molecule has 0 nitrogen and oxygen atoms in total. The van der Waals surface area contributed by atoms with E-state index in [9.17, 15) is 0 Å². The summed E-state index contributed by atoms with van der Waals surface area (Å²) in [6, 6.07) is 0. The fraction of sp³-hybridized carbons (Fsp3) is 0.143. The Labute approximate surface area is 79.7 Å². The summed E-state index contributed by atoms with van der Waals surface area (Å²) in [5, 5.41) is 0. The zero-order valence-corrected chi connectivity index (χ0v) is 8.23. The van der Waals surface area contributed by atoms with Crippen LogP contribution in [-0.2, 0) is 21.7 Å². The maximum absolute atomic E-state index is 2.99. The Hall–Kier alpha value is 0.484. The van der Waals surface area contributed by atoms with Gasteiger partial charge < -0.3 is 14.9 Å². The number of allylic oxidation sites excluding steroid dienone is 4. The van der Waals surface area contributed by atoms with Gasteiger partial charge in [0.1, 0.15) is 0 Å². The van der Waals surface area contributed by atoms with Crippen LogP contribution < -0.4 is 0 Å². The van der Waals surface area contributed by atoms with Crippen LogP contribution in [0.1, 0.15) is 6.42 Å². The molecule has 0 saturated carbocycles. The fourth-order valence-corrected chi connectivity index (χ4v) is 0.340. The first kappa shape index (κ1) is 22.7. The number of rotatable bonds is 0. The van der Waals surface area contributed by atoms with Crippen LogP contribution in [0.3, 0.4) is 0 Å². The maximum Gasteiger partial charge on any atom is 3.00 e. The summed E-state index contributed by atoms with van der Waals surface area (Å²) in [4.78, 5) is 0. The summed E-state index contributed by atoms with van der Waals surface area (Å²) in [6.07, 6.45) is 10.0. The van der Waals surface area contributed by atoms with Crippen molar-refractivity contribution in [3.8, 4) is 0 Å². The predicted molar refractivity (Wildman–Crippen MR) is 41.6 cm³/mol. The summed E-state index contributed by atoms with van der Waals surface area (Å²) in [6.45, 7) is 0. The first-order valence-corrected chi connectivity index (χ1v) is 1.72. The second-order valence-corrected chi connectivity index (χ2v) is 1.00. The minimum Gasteiger partial charge on any atom is -0.358 e. The van der Waals surface area contributed by atoms with Crippen LogP contribution in [0.5, 0.6) is 0 Å². The molecule has 0 aromatic carbocycles. The molecule has 0 bridgehead atoms. The molecule has 0 spiro atoms. The predicted octanol–water partition coefficient (Wildman–Crippen LogP) is 2.63. The second kappa shape index (κ2) is 15.8. The largest absolute Gasteiger partial charge is 3.00 e. The van der Waals surface area contributed by atoms with E-state index in [-0.39, 0.29) is 49.0 Å². The molecule has 0 N–H and O–H groups in total. The standard InChI is InChI=1S/C5H5.2CH3.ClH.Ti/c1-2-4-5-3-1;;;;/h1-3H,4H2;2*1H3;1H;/q3*-1;;+3. The Bertz CT molecular complexity index is 67.0. The van der Waals surface area contributed by atoms with Crippen LogP contribution >= 0.6 is 12.4 Å². The third-order valence-electron chi connectivity index (χ3n) is 0.586. The van der Waals surface area contributed by atoms with E-state index >= 15 is 0 Å². The van der Waals surface area contributed by atoms with Crippen molar-refractivity contribution in [2.24, 2.45) is 0 Å². The number of halogens is 1. The fourth-order valence-electron chi connectivity index (χ4n) is 0.340. The Morgan fingerprint density at radius 3 is 1.89 bits per heavy atom. The molecule has 0 saturated heterocycles. The zero-order valence-electron chi connectivity index (χ0n) is 5.85. The Kier molecular flexibility index (Phi) is 39.9. The van der Waals surface area contributed by atoms with Gasteiger partial charge in [-0.2, -0.15) is 6.08 Å². The molecule has 2 heteroatoms. The monoisotopic (exact) mass is 179 g/mol. The van der Waals surface area contributed by atoms with Crippen LogP contribution in [0.25, 0.3) is 0 Å². The molecular formula is C7H12ClTi. The van der Waals surface area contributed by atoms with Crippen LogP contribution in [0.2, 0.25) is 0 Å². The molecular weight excluding hydrogens is 167 g/mol. The molecule has 0 fully saturated rings. The van der Waals surface area contributed by atoms with Crippen LogP contribution in [0.4, 0.5) is 0 Å². The van der Waals surface area contributed by atoms with E-state index < -0.39 is 0 Å². The normalized spacial score (nSPS) is 9.78. The Balaban J connectivity index is -0.0000000312. The molecule has 1 rings (SSSR count). The molecule has 0 aromatic heterocycles. The molecule has 0 aromatic rings. The molecule has 0 unspecified atom stereocenters. The molecule has 1 aliphatic rings. The number of hydrogen-bond donors (Lipinski definition) is 0. The van der Waals surface area contributed by atoms with Crippen molar-refractivity contribution in [1.82, 2.24) is 0 Å². The first-order chi connectivity index (χ1) is 2.50. The molecule has 0 atom stereocenters. The third-order valence-corrected chi connectivity index (χ3v) is 0.586. The Morgan fingerprint density at radius 1 is 1.22 bits per heavy atom. The van der Waals surface area contributed by atoms with Gasteiger partial charge in [-0.15, -0.1) is 18.8 Å². The van der Waals surface area contributed by atoms with Crippen molar-refractivity contribution in [2.45, 2.75) is 6.42 Å². The topological polar surface area (TPSA) is 0 Å². The average molecular weight is 179 g/mol. The van der Waals surface area contributed by atoms with E-state index in [1.54, 1.807) is 0 Å². The van der Waals surface area contributed by atoms with Crippen molar-refractivity contribution in [2.75, 3.05) is 0 Å². The van der Waals surface area contributed by atoms with Gasteiger partial charge in [-0.05, 0) is 0 Å². The molecule has 51 valence electrons. The quantitative estimate of drug-likeness (QED) is 0.396. The van der Waals surface area contributed by atoms with Crippen LogP contribution in [-0.4, -0.2) is 0 Å². The smallest absolute Gasteiger partial charge is 0.358 e. The van der Waals surface area contributed by atoms with Crippen molar-refractivity contribution in [1.29, 1.82) is 0 Å². The van der Waals surface area contributed by atoms with Crippen molar-refractivity contribution >= 4 is 12.4 Å². The van der Waals surface area contributed by atoms with Gasteiger partial charge in [-0.25, -0.2) is 12.2 Å². The third kappa shape index (κ3) is 11.9. The molecule has 1 aliphatic carbocycles. The van der Waals surface area contributed by atoms with Gasteiger partial charge in [-0.1, -0.05) is 0 Å². The van der Waals surface area contributed by atoms with Crippen molar-refractivity contribution in [3.63, 3.8) is 0 Å². The molecule has 0 amide bonds. The van der Waals surface area contributed by atoms with Crippen LogP contribution in [0, 0.1) is 20.9 Å².